The van der Waals surface area contributed by atoms with Crippen molar-refractivity contribution in [1.29, 1.82) is 0 Å². The molecule has 0 amide bonds. The van der Waals surface area contributed by atoms with Gasteiger partial charge in [0.25, 0.3) is 0 Å². The highest BCUT2D eigenvalue weighted by Crippen LogP contribution is 2.50. The predicted molar refractivity (Wildman–Crippen MR) is 225 cm³/mol. The molecule has 2 heterocycles. The maximum absolute atomic E-state index is 9.67. The Labute approximate surface area is 333 Å². The summed E-state index contributed by atoms with van der Waals surface area (Å²) in [6.45, 7) is 15.5. The lowest BCUT2D eigenvalue weighted by Crippen LogP contribution is -3.00. The molecule has 286 valence electrons. The van der Waals surface area contributed by atoms with Gasteiger partial charge < -0.3 is 14.5 Å². The normalized spacial score (nSPS) is 19.4. The summed E-state index contributed by atoms with van der Waals surface area (Å²) in [5.74, 6) is 0. The molecule has 3 aliphatic rings. The van der Waals surface area contributed by atoms with Crippen molar-refractivity contribution >= 4 is 59.2 Å². The Morgan fingerprint density at radius 1 is 0.618 bits per heavy atom. The Bertz CT molecular complexity index is 2020. The quantitative estimate of drug-likeness (QED) is 0.109. The van der Waals surface area contributed by atoms with Gasteiger partial charge in [0.2, 0.25) is 17.1 Å². The second-order valence-corrected chi connectivity index (χ2v) is 15.5. The lowest BCUT2D eigenvalue weighted by atomic mass is 9.83. The van der Waals surface area contributed by atoms with E-state index >= 15 is 0 Å². The minimum absolute atomic E-state index is 0. The number of hydrogen-bond acceptors (Lipinski definition) is 2. The van der Waals surface area contributed by atoms with E-state index in [2.05, 4.69) is 165 Å². The number of nitrogens with zero attached hydrogens (tertiary/aromatic N) is 3. The molecule has 3 nitrogen and oxygen atoms in total. The van der Waals surface area contributed by atoms with Crippen molar-refractivity contribution in [3.63, 3.8) is 0 Å². The van der Waals surface area contributed by atoms with Crippen LogP contribution < -0.4 is 19.1 Å². The van der Waals surface area contributed by atoms with Crippen molar-refractivity contribution in [2.24, 2.45) is 0 Å². The molecule has 0 spiro atoms. The second kappa shape index (κ2) is 17.1. The predicted octanol–water partition coefficient (Wildman–Crippen LogP) is 10.2. The number of likely N-dealkylation sites (N-methyl/N-ethyl adjacent to an activating group) is 2. The van der Waals surface area contributed by atoms with Gasteiger partial charge in [-0.3, -0.25) is 12.9 Å². The van der Waals surface area contributed by atoms with Crippen LogP contribution in [0.25, 0.3) is 0 Å². The Hall–Kier alpha value is -4.53. The van der Waals surface area contributed by atoms with E-state index in [1.165, 1.54) is 50.8 Å². The van der Waals surface area contributed by atoms with Gasteiger partial charge in [-0.25, -0.2) is 0 Å². The first kappa shape index (κ1) is 41.6. The van der Waals surface area contributed by atoms with E-state index in [0.29, 0.717) is 0 Å². The molecule has 1 fully saturated rings. The number of fused-ring (bicyclic) bond motifs is 2. The van der Waals surface area contributed by atoms with Crippen molar-refractivity contribution in [2.75, 3.05) is 22.9 Å². The zero-order chi connectivity index (χ0) is 38.8. The smallest absolute Gasteiger partial charge is 0.762 e. The van der Waals surface area contributed by atoms with E-state index in [9.17, 15) is 12.9 Å². The third kappa shape index (κ3) is 8.22. The first-order valence-electron chi connectivity index (χ1n) is 18.5. The van der Waals surface area contributed by atoms with E-state index < -0.39 is 7.54 Å². The summed E-state index contributed by atoms with van der Waals surface area (Å²) in [6, 6.07) is 34.2. The van der Waals surface area contributed by atoms with Gasteiger partial charge in [0.1, 0.15) is 0 Å². The maximum atomic E-state index is 9.67. The number of rotatable bonds is 6. The molecule has 2 aliphatic heterocycles. The van der Waals surface area contributed by atoms with Crippen molar-refractivity contribution in [3.05, 3.63) is 165 Å². The molecular formula is C45H46BCl2F4N3. The fourth-order valence-electron chi connectivity index (χ4n) is 8.22. The van der Waals surface area contributed by atoms with Crippen LogP contribution in [0.4, 0.5) is 35.7 Å². The standard InChI is InChI=1S/C45H46Cl2N3.BF3.FH/c1-7-48-39-25-23-33(46)29-37(39)44(3,4)41(48)27-21-31-19-20-32(43(31)50(35-15-11-9-12-16-35)36-17-13-10-14-18-36)22-28-42-45(5,6)38-30-34(47)24-26-40(38)49(42)8-2;2-1(3)4;/h9-18,21-30H,7-8,19-20H2,1-6H3;;1H/q+1;;/p-1. The zero-order valence-corrected chi connectivity index (χ0v) is 33.6. The zero-order valence-electron chi connectivity index (χ0n) is 32.1. The number of halogens is 6. The lowest BCUT2D eigenvalue weighted by Gasteiger charge is -2.26. The molecule has 0 atom stereocenters. The summed E-state index contributed by atoms with van der Waals surface area (Å²) in [4.78, 5) is 4.88. The van der Waals surface area contributed by atoms with Crippen molar-refractivity contribution in [1.82, 2.24) is 4.58 Å². The molecule has 0 aromatic heterocycles. The summed E-state index contributed by atoms with van der Waals surface area (Å²) in [5, 5.41) is 1.56. The van der Waals surface area contributed by atoms with E-state index in [4.69, 9.17) is 23.2 Å². The van der Waals surface area contributed by atoms with Gasteiger partial charge in [-0.2, -0.15) is 4.58 Å². The fraction of sp³-hybridized carbons (Fsp3) is 0.267. The fourth-order valence-corrected chi connectivity index (χ4v) is 8.57. The summed E-state index contributed by atoms with van der Waals surface area (Å²) in [7, 11) is -3.67. The van der Waals surface area contributed by atoms with Gasteiger partial charge in [-0.15, -0.1) is 0 Å². The van der Waals surface area contributed by atoms with Crippen molar-refractivity contribution in [3.8, 4) is 0 Å². The van der Waals surface area contributed by atoms with Crippen LogP contribution in [0.5, 0.6) is 0 Å². The van der Waals surface area contributed by atoms with Crippen LogP contribution in [-0.4, -0.2) is 26.3 Å². The Kier molecular flexibility index (Phi) is 12.9. The van der Waals surface area contributed by atoms with Crippen LogP contribution in [0.15, 0.2) is 144 Å². The molecule has 10 heteroatoms. The van der Waals surface area contributed by atoms with Crippen molar-refractivity contribution in [2.45, 2.75) is 65.2 Å². The van der Waals surface area contributed by atoms with Gasteiger partial charge in [0.05, 0.1) is 0 Å². The minimum atomic E-state index is -3.67. The van der Waals surface area contributed by atoms with Crippen LogP contribution in [0.2, 0.25) is 10.0 Å². The SMILES string of the molecule is CCN1C(=CC=C2CC/C(=C\C=C3\N(CC)c4ccc(Cl)cc4C3(C)C)C2=[N+](c2ccccc2)c2ccccc2)C(C)(C)c2cc(Cl)ccc21.FB(F)F.[F-]. The summed E-state index contributed by atoms with van der Waals surface area (Å²) in [5.41, 5.74) is 13.4. The lowest BCUT2D eigenvalue weighted by molar-refractivity contribution is -0.0000137. The van der Waals surface area contributed by atoms with Crippen LogP contribution in [0.3, 0.4) is 0 Å². The molecule has 55 heavy (non-hydrogen) atoms. The molecule has 0 N–H and O–H groups in total. The van der Waals surface area contributed by atoms with E-state index in [-0.39, 0.29) is 15.5 Å². The summed E-state index contributed by atoms with van der Waals surface area (Å²) >= 11 is 13.0. The molecular weight excluding hydrogens is 740 g/mol. The third-order valence-corrected chi connectivity index (χ3v) is 11.2. The highest BCUT2D eigenvalue weighted by atomic mass is 35.5. The first-order chi connectivity index (χ1) is 25.8. The van der Waals surface area contributed by atoms with Crippen LogP contribution in [0.1, 0.15) is 65.5 Å². The second-order valence-electron chi connectivity index (χ2n) is 14.7. The minimum Gasteiger partial charge on any atom is -1.00 e. The first-order valence-corrected chi connectivity index (χ1v) is 19.2. The molecule has 0 radical (unpaired) electrons. The number of benzene rings is 4. The highest BCUT2D eigenvalue weighted by molar-refractivity contribution is 6.33. The van der Waals surface area contributed by atoms with Gasteiger partial charge in [-0.1, -0.05) is 99.4 Å². The topological polar surface area (TPSA) is 9.49 Å². The summed E-state index contributed by atoms with van der Waals surface area (Å²) < 4.78 is 31.4. The van der Waals surface area contributed by atoms with E-state index in [1.807, 2.05) is 12.1 Å². The number of para-hydroxylation sites is 2. The number of anilines is 2. The van der Waals surface area contributed by atoms with Crippen LogP contribution in [-0.2, 0) is 10.8 Å². The van der Waals surface area contributed by atoms with Gasteiger partial charge in [0, 0.05) is 92.1 Å². The maximum Gasteiger partial charge on any atom is 0.762 e. The molecule has 4 aromatic rings. The largest absolute Gasteiger partial charge is 1.00 e. The van der Waals surface area contributed by atoms with Gasteiger partial charge in [0.15, 0.2) is 0 Å². The molecule has 0 bridgehead atoms. The Morgan fingerprint density at radius 2 is 0.982 bits per heavy atom. The van der Waals surface area contributed by atoms with Gasteiger partial charge in [-0.05, 0) is 86.4 Å². The van der Waals surface area contributed by atoms with E-state index in [1.54, 1.807) is 0 Å². The Morgan fingerprint density at radius 3 is 1.33 bits per heavy atom. The van der Waals surface area contributed by atoms with Crippen LogP contribution in [0, 0.1) is 0 Å². The Balaban J connectivity index is 0.00000111. The molecule has 1 saturated carbocycles. The average Bonchev–Trinajstić information content (AvgIpc) is 3.71. The number of hydrogen-bond donors (Lipinski definition) is 0. The van der Waals surface area contributed by atoms with E-state index in [0.717, 1.165) is 47.4 Å². The molecule has 0 unspecified atom stereocenters. The molecule has 0 saturated heterocycles. The third-order valence-electron chi connectivity index (χ3n) is 10.7. The monoisotopic (exact) mass is 785 g/mol. The summed E-state index contributed by atoms with van der Waals surface area (Å²) in [6.07, 6.45) is 11.4. The molecule has 1 aliphatic carbocycles. The van der Waals surface area contributed by atoms with Crippen LogP contribution >= 0.6 is 23.2 Å². The average molecular weight is 787 g/mol. The highest BCUT2D eigenvalue weighted by Gasteiger charge is 2.41. The molecule has 7 rings (SSSR count). The van der Waals surface area contributed by atoms with Gasteiger partial charge >= 0.3 is 7.54 Å². The molecule has 4 aromatic carbocycles. The van der Waals surface area contributed by atoms with Crippen molar-refractivity contribution < 1.29 is 17.7 Å². The number of allylic oxidation sites excluding steroid dienone is 8.